The Morgan fingerprint density at radius 3 is 1.15 bits per heavy atom. The van der Waals surface area contributed by atoms with Crippen molar-refractivity contribution < 1.29 is 0 Å². The van der Waals surface area contributed by atoms with Crippen molar-refractivity contribution in [1.82, 2.24) is 24.1 Å². The molecule has 10 aromatic carbocycles. The number of para-hydroxylation sites is 2. The number of benzene rings is 10. The highest BCUT2D eigenvalue weighted by atomic mass is 15.2. The quantitative estimate of drug-likeness (QED) is 0.153. The SMILES string of the molecule is c1ccc(-c2ccc(-c3ccc(-c4ccccc4)c(-n4c5ccccc5c5ccc6c7ccccc7n(-c7nc(-c8ccccc8)nc(-c8ccc(-c9ccccc9)cc8)n7)c6c54)c3)cc2)cc1. The zero-order chi connectivity index (χ0) is 45.0. The zero-order valence-corrected chi connectivity index (χ0v) is 36.9. The van der Waals surface area contributed by atoms with E-state index >= 15 is 0 Å². The summed E-state index contributed by atoms with van der Waals surface area (Å²) < 4.78 is 4.75. The lowest BCUT2D eigenvalue weighted by atomic mass is 9.96. The second-order valence-corrected chi connectivity index (χ2v) is 17.2. The fourth-order valence-electron chi connectivity index (χ4n) is 9.95. The maximum absolute atomic E-state index is 5.42. The third-order valence-corrected chi connectivity index (χ3v) is 13.2. The Labute approximate surface area is 393 Å². The molecule has 0 fully saturated rings. The molecule has 3 aromatic heterocycles. The minimum atomic E-state index is 0.548. The van der Waals surface area contributed by atoms with Crippen LogP contribution in [0.4, 0.5) is 0 Å². The van der Waals surface area contributed by atoms with E-state index in [-0.39, 0.29) is 0 Å². The van der Waals surface area contributed by atoms with Gasteiger partial charge in [0.05, 0.1) is 27.8 Å². The molecule has 0 radical (unpaired) electrons. The summed E-state index contributed by atoms with van der Waals surface area (Å²) in [6.07, 6.45) is 0. The first-order valence-corrected chi connectivity index (χ1v) is 23.0. The summed E-state index contributed by atoms with van der Waals surface area (Å²) in [6.45, 7) is 0. The van der Waals surface area contributed by atoms with Crippen molar-refractivity contribution in [3.8, 4) is 78.9 Å². The molecular formula is C63H41N5. The highest BCUT2D eigenvalue weighted by Gasteiger charge is 2.25. The highest BCUT2D eigenvalue weighted by molar-refractivity contribution is 6.24. The molecule has 13 rings (SSSR count). The van der Waals surface area contributed by atoms with Gasteiger partial charge in [-0.1, -0.05) is 231 Å². The first kappa shape index (κ1) is 39.2. The lowest BCUT2D eigenvalue weighted by Gasteiger charge is -2.18. The second-order valence-electron chi connectivity index (χ2n) is 17.2. The third kappa shape index (κ3) is 6.68. The maximum Gasteiger partial charge on any atom is 0.238 e. The van der Waals surface area contributed by atoms with Gasteiger partial charge in [0, 0.05) is 38.2 Å². The number of fused-ring (bicyclic) bond motifs is 7. The molecule has 0 atom stereocenters. The van der Waals surface area contributed by atoms with Crippen LogP contribution < -0.4 is 0 Å². The van der Waals surface area contributed by atoms with Gasteiger partial charge in [0.1, 0.15) is 0 Å². The summed E-state index contributed by atoms with van der Waals surface area (Å²) in [7, 11) is 0. The number of nitrogens with zero attached hydrogens (tertiary/aromatic N) is 5. The fourth-order valence-corrected chi connectivity index (χ4v) is 9.95. The monoisotopic (exact) mass is 867 g/mol. The molecule has 0 aliphatic rings. The lowest BCUT2D eigenvalue weighted by Crippen LogP contribution is -2.07. The Morgan fingerprint density at radius 2 is 0.618 bits per heavy atom. The maximum atomic E-state index is 5.42. The Kier molecular flexibility index (Phi) is 9.43. The Bertz CT molecular complexity index is 3970. The van der Waals surface area contributed by atoms with Gasteiger partial charge in [0.2, 0.25) is 5.95 Å². The molecule has 0 N–H and O–H groups in total. The zero-order valence-electron chi connectivity index (χ0n) is 36.9. The Morgan fingerprint density at radius 1 is 0.250 bits per heavy atom. The molecular weight excluding hydrogens is 827 g/mol. The molecule has 0 unspecified atom stereocenters. The van der Waals surface area contributed by atoms with Crippen molar-refractivity contribution in [3.05, 3.63) is 249 Å². The van der Waals surface area contributed by atoms with Gasteiger partial charge in [-0.2, -0.15) is 9.97 Å². The Balaban J connectivity index is 1.10. The molecule has 0 amide bonds. The van der Waals surface area contributed by atoms with Crippen LogP contribution in [0.3, 0.4) is 0 Å². The van der Waals surface area contributed by atoms with Crippen LogP contribution in [0.25, 0.3) is 123 Å². The number of hydrogen-bond donors (Lipinski definition) is 0. The van der Waals surface area contributed by atoms with Crippen LogP contribution in [-0.4, -0.2) is 24.1 Å². The smallest absolute Gasteiger partial charge is 0.238 e. The van der Waals surface area contributed by atoms with E-state index in [1.165, 1.54) is 11.1 Å². The van der Waals surface area contributed by atoms with Crippen LogP contribution in [0.5, 0.6) is 0 Å². The normalized spacial score (nSPS) is 11.5. The van der Waals surface area contributed by atoms with Crippen molar-refractivity contribution in [3.63, 3.8) is 0 Å². The molecule has 0 saturated carbocycles. The average molecular weight is 868 g/mol. The summed E-state index contributed by atoms with van der Waals surface area (Å²) in [5, 5.41) is 4.54. The molecule has 318 valence electrons. The summed E-state index contributed by atoms with van der Waals surface area (Å²) in [5.41, 5.74) is 16.3. The van der Waals surface area contributed by atoms with Crippen molar-refractivity contribution in [2.24, 2.45) is 0 Å². The fraction of sp³-hybridized carbons (Fsp3) is 0. The van der Waals surface area contributed by atoms with Crippen LogP contribution in [0.15, 0.2) is 249 Å². The molecule has 3 heterocycles. The van der Waals surface area contributed by atoms with Crippen LogP contribution in [0.2, 0.25) is 0 Å². The van der Waals surface area contributed by atoms with Gasteiger partial charge in [-0.05, 0) is 57.1 Å². The van der Waals surface area contributed by atoms with Crippen LogP contribution in [-0.2, 0) is 0 Å². The molecule has 0 saturated heterocycles. The molecule has 13 aromatic rings. The van der Waals surface area contributed by atoms with Crippen molar-refractivity contribution >= 4 is 43.6 Å². The minimum absolute atomic E-state index is 0.548. The number of rotatable bonds is 8. The first-order chi connectivity index (χ1) is 33.7. The molecule has 5 nitrogen and oxygen atoms in total. The van der Waals surface area contributed by atoms with Gasteiger partial charge in [-0.25, -0.2) is 4.98 Å². The lowest BCUT2D eigenvalue weighted by molar-refractivity contribution is 0.953. The van der Waals surface area contributed by atoms with E-state index in [9.17, 15) is 0 Å². The summed E-state index contributed by atoms with van der Waals surface area (Å²) in [4.78, 5) is 16.0. The largest absolute Gasteiger partial charge is 0.307 e. The van der Waals surface area contributed by atoms with E-state index in [4.69, 9.17) is 15.0 Å². The Hall–Kier alpha value is -9.19. The molecule has 0 aliphatic heterocycles. The standard InChI is InChI=1S/C63H41N5/c1-5-17-42(18-6-1)44-29-31-46(32-30-44)50-37-38-51(47-21-9-3-10-22-47)58(41-50)67-56-27-15-13-25-52(56)54-39-40-55-53-26-14-16-28-57(53)68(60(55)59(54)67)63-65-61(48-23-11-4-12-24-48)64-62(66-63)49-35-33-45(34-36-49)43-19-7-2-8-20-43/h1-41H. The predicted octanol–water partition coefficient (Wildman–Crippen LogP) is 16.1. The van der Waals surface area contributed by atoms with E-state index in [0.717, 1.165) is 93.8 Å². The summed E-state index contributed by atoms with van der Waals surface area (Å²) in [6, 6.07) is 88.3. The van der Waals surface area contributed by atoms with Crippen molar-refractivity contribution in [2.75, 3.05) is 0 Å². The van der Waals surface area contributed by atoms with Crippen molar-refractivity contribution in [2.45, 2.75) is 0 Å². The third-order valence-electron chi connectivity index (χ3n) is 13.2. The van der Waals surface area contributed by atoms with E-state index < -0.39 is 0 Å². The summed E-state index contributed by atoms with van der Waals surface area (Å²) in [5.74, 6) is 1.75. The highest BCUT2D eigenvalue weighted by Crippen LogP contribution is 2.44. The van der Waals surface area contributed by atoms with Gasteiger partial charge < -0.3 is 4.57 Å². The van der Waals surface area contributed by atoms with Crippen LogP contribution in [0.1, 0.15) is 0 Å². The van der Waals surface area contributed by atoms with Crippen molar-refractivity contribution in [1.29, 1.82) is 0 Å². The second kappa shape index (κ2) is 16.4. The van der Waals surface area contributed by atoms with Gasteiger partial charge in [-0.15, -0.1) is 0 Å². The molecule has 0 aliphatic carbocycles. The van der Waals surface area contributed by atoms with Gasteiger partial charge in [0.15, 0.2) is 11.6 Å². The van der Waals surface area contributed by atoms with Crippen LogP contribution in [0, 0.1) is 0 Å². The van der Waals surface area contributed by atoms with Gasteiger partial charge in [0.25, 0.3) is 0 Å². The number of aromatic nitrogens is 5. The average Bonchev–Trinajstić information content (AvgIpc) is 3.95. The molecule has 0 spiro atoms. The van der Waals surface area contributed by atoms with Crippen LogP contribution >= 0.6 is 0 Å². The molecule has 5 heteroatoms. The van der Waals surface area contributed by atoms with E-state index in [1.54, 1.807) is 0 Å². The van der Waals surface area contributed by atoms with E-state index in [0.29, 0.717) is 17.6 Å². The molecule has 0 bridgehead atoms. The summed E-state index contributed by atoms with van der Waals surface area (Å²) >= 11 is 0. The predicted molar refractivity (Wildman–Crippen MR) is 281 cm³/mol. The number of hydrogen-bond acceptors (Lipinski definition) is 3. The first-order valence-electron chi connectivity index (χ1n) is 23.0. The van der Waals surface area contributed by atoms with E-state index in [1.807, 2.05) is 24.3 Å². The van der Waals surface area contributed by atoms with E-state index in [2.05, 4.69) is 234 Å². The minimum Gasteiger partial charge on any atom is -0.307 e. The topological polar surface area (TPSA) is 48.5 Å². The van der Waals surface area contributed by atoms with Gasteiger partial charge in [-0.3, -0.25) is 4.57 Å². The molecule has 68 heavy (non-hydrogen) atoms. The van der Waals surface area contributed by atoms with Gasteiger partial charge >= 0.3 is 0 Å².